The Morgan fingerprint density at radius 1 is 1.37 bits per heavy atom. The third-order valence-electron chi connectivity index (χ3n) is 3.15. The van der Waals surface area contributed by atoms with Crippen LogP contribution in [0.25, 0.3) is 0 Å². The second-order valence-electron chi connectivity index (χ2n) is 5.64. The van der Waals surface area contributed by atoms with Crippen molar-refractivity contribution in [2.24, 2.45) is 0 Å². The van der Waals surface area contributed by atoms with E-state index in [1.54, 1.807) is 0 Å². The highest BCUT2D eigenvalue weighted by molar-refractivity contribution is 8.00. The number of rotatable bonds is 5. The van der Waals surface area contributed by atoms with Gasteiger partial charge in [-0.3, -0.25) is 9.88 Å². The fourth-order valence-corrected chi connectivity index (χ4v) is 3.44. The molecule has 0 unspecified atom stereocenters. The molecule has 1 aliphatic heterocycles. The number of hydrogen-bond acceptors (Lipinski definition) is 5. The molecule has 106 valence electrons. The van der Waals surface area contributed by atoms with Crippen molar-refractivity contribution in [1.29, 1.82) is 0 Å². The highest BCUT2D eigenvalue weighted by Crippen LogP contribution is 2.29. The SMILES string of the molecule is CCCNc1cnc(CN2CCSC(C)(C)C2)cn1. The number of aromatic nitrogens is 2. The van der Waals surface area contributed by atoms with Crippen LogP contribution in [0.2, 0.25) is 0 Å². The molecule has 1 fully saturated rings. The van der Waals surface area contributed by atoms with Crippen LogP contribution in [-0.2, 0) is 6.54 Å². The Labute approximate surface area is 120 Å². The van der Waals surface area contributed by atoms with Crippen molar-refractivity contribution in [3.05, 3.63) is 18.1 Å². The lowest BCUT2D eigenvalue weighted by Gasteiger charge is -2.37. The van der Waals surface area contributed by atoms with E-state index in [0.717, 1.165) is 44.1 Å². The third-order valence-corrected chi connectivity index (χ3v) is 4.45. The van der Waals surface area contributed by atoms with Crippen LogP contribution in [0.1, 0.15) is 32.9 Å². The van der Waals surface area contributed by atoms with Crippen LogP contribution in [0.4, 0.5) is 5.82 Å². The van der Waals surface area contributed by atoms with E-state index in [0.29, 0.717) is 4.75 Å². The van der Waals surface area contributed by atoms with E-state index >= 15 is 0 Å². The van der Waals surface area contributed by atoms with Gasteiger partial charge in [0.1, 0.15) is 5.82 Å². The Kier molecular flexibility index (Phi) is 5.05. The minimum absolute atomic E-state index is 0.355. The fourth-order valence-electron chi connectivity index (χ4n) is 2.26. The van der Waals surface area contributed by atoms with Gasteiger partial charge in [0.2, 0.25) is 0 Å². The fraction of sp³-hybridized carbons (Fsp3) is 0.714. The first kappa shape index (κ1) is 14.6. The molecule has 0 aromatic carbocycles. The average Bonchev–Trinajstić information content (AvgIpc) is 2.37. The van der Waals surface area contributed by atoms with E-state index in [1.807, 2.05) is 12.4 Å². The van der Waals surface area contributed by atoms with Gasteiger partial charge in [-0.2, -0.15) is 11.8 Å². The summed E-state index contributed by atoms with van der Waals surface area (Å²) in [6.07, 6.45) is 4.84. The van der Waals surface area contributed by atoms with Crippen molar-refractivity contribution in [2.45, 2.75) is 38.5 Å². The first-order valence-electron chi connectivity index (χ1n) is 7.00. The van der Waals surface area contributed by atoms with Crippen LogP contribution in [-0.4, -0.2) is 45.0 Å². The number of nitrogens with zero attached hydrogens (tertiary/aromatic N) is 3. The molecule has 0 aliphatic carbocycles. The molecule has 0 radical (unpaired) electrons. The Morgan fingerprint density at radius 3 is 2.84 bits per heavy atom. The minimum Gasteiger partial charge on any atom is -0.369 e. The molecule has 4 nitrogen and oxygen atoms in total. The van der Waals surface area contributed by atoms with Crippen molar-refractivity contribution >= 4 is 17.6 Å². The Hall–Kier alpha value is -0.810. The normalized spacial score (nSPS) is 19.3. The lowest BCUT2D eigenvalue weighted by molar-refractivity contribution is 0.249. The molecule has 0 bridgehead atoms. The molecule has 1 saturated heterocycles. The van der Waals surface area contributed by atoms with Gasteiger partial charge in [-0.1, -0.05) is 6.92 Å². The second-order valence-corrected chi connectivity index (χ2v) is 7.44. The summed E-state index contributed by atoms with van der Waals surface area (Å²) in [7, 11) is 0. The molecular weight excluding hydrogens is 256 g/mol. The Bertz CT molecular complexity index is 391. The smallest absolute Gasteiger partial charge is 0.144 e. The molecule has 1 aliphatic rings. The van der Waals surface area contributed by atoms with Crippen LogP contribution >= 0.6 is 11.8 Å². The van der Waals surface area contributed by atoms with Gasteiger partial charge in [0.25, 0.3) is 0 Å². The monoisotopic (exact) mass is 280 g/mol. The predicted octanol–water partition coefficient (Wildman–Crippen LogP) is 2.63. The summed E-state index contributed by atoms with van der Waals surface area (Å²) in [6, 6.07) is 0. The largest absolute Gasteiger partial charge is 0.369 e. The lowest BCUT2D eigenvalue weighted by atomic mass is 10.2. The molecule has 0 atom stereocenters. The maximum Gasteiger partial charge on any atom is 0.144 e. The van der Waals surface area contributed by atoms with Gasteiger partial charge in [-0.05, 0) is 20.3 Å². The molecule has 2 rings (SSSR count). The third kappa shape index (κ3) is 4.66. The summed E-state index contributed by atoms with van der Waals surface area (Å²) in [6.45, 7) is 10.9. The van der Waals surface area contributed by atoms with Crippen molar-refractivity contribution in [3.8, 4) is 0 Å². The Morgan fingerprint density at radius 2 is 2.21 bits per heavy atom. The summed E-state index contributed by atoms with van der Waals surface area (Å²) in [5, 5.41) is 3.25. The van der Waals surface area contributed by atoms with E-state index in [2.05, 4.69) is 52.7 Å². The molecule has 19 heavy (non-hydrogen) atoms. The number of hydrogen-bond donors (Lipinski definition) is 1. The summed E-state index contributed by atoms with van der Waals surface area (Å²) in [5.74, 6) is 2.08. The van der Waals surface area contributed by atoms with Crippen LogP contribution in [0, 0.1) is 0 Å². The Balaban J connectivity index is 1.88. The maximum atomic E-state index is 4.50. The van der Waals surface area contributed by atoms with Gasteiger partial charge in [0.15, 0.2) is 0 Å². The molecule has 5 heteroatoms. The zero-order chi connectivity index (χ0) is 13.7. The molecule has 1 N–H and O–H groups in total. The molecule has 0 amide bonds. The van der Waals surface area contributed by atoms with Crippen LogP contribution in [0.15, 0.2) is 12.4 Å². The number of anilines is 1. The van der Waals surface area contributed by atoms with E-state index in [-0.39, 0.29) is 0 Å². The van der Waals surface area contributed by atoms with Gasteiger partial charge >= 0.3 is 0 Å². The quantitative estimate of drug-likeness (QED) is 0.898. The summed E-state index contributed by atoms with van der Waals surface area (Å²) in [4.78, 5) is 11.4. The average molecular weight is 280 g/mol. The van der Waals surface area contributed by atoms with Crippen LogP contribution < -0.4 is 5.32 Å². The summed E-state index contributed by atoms with van der Waals surface area (Å²) < 4.78 is 0.355. The maximum absolute atomic E-state index is 4.50. The van der Waals surface area contributed by atoms with Crippen molar-refractivity contribution in [3.63, 3.8) is 0 Å². The van der Waals surface area contributed by atoms with Gasteiger partial charge < -0.3 is 5.32 Å². The van der Waals surface area contributed by atoms with Crippen LogP contribution in [0.3, 0.4) is 0 Å². The minimum atomic E-state index is 0.355. The highest BCUT2D eigenvalue weighted by atomic mass is 32.2. The summed E-state index contributed by atoms with van der Waals surface area (Å²) in [5.41, 5.74) is 1.06. The van der Waals surface area contributed by atoms with Gasteiger partial charge in [-0.15, -0.1) is 0 Å². The van der Waals surface area contributed by atoms with E-state index in [9.17, 15) is 0 Å². The van der Waals surface area contributed by atoms with Crippen LogP contribution in [0.5, 0.6) is 0 Å². The molecule has 1 aromatic heterocycles. The molecule has 0 saturated carbocycles. The lowest BCUT2D eigenvalue weighted by Crippen LogP contribution is -2.42. The molecule has 0 spiro atoms. The molecular formula is C14H24N4S. The zero-order valence-electron chi connectivity index (χ0n) is 12.1. The van der Waals surface area contributed by atoms with E-state index in [4.69, 9.17) is 0 Å². The molecule has 1 aromatic rings. The van der Waals surface area contributed by atoms with Gasteiger partial charge in [0.05, 0.1) is 18.1 Å². The van der Waals surface area contributed by atoms with E-state index in [1.165, 1.54) is 5.75 Å². The topological polar surface area (TPSA) is 41.1 Å². The van der Waals surface area contributed by atoms with Crippen molar-refractivity contribution < 1.29 is 0 Å². The molecule has 2 heterocycles. The predicted molar refractivity (Wildman–Crippen MR) is 82.6 cm³/mol. The van der Waals surface area contributed by atoms with Gasteiger partial charge in [-0.25, -0.2) is 4.98 Å². The standard InChI is InChI=1S/C14H24N4S/c1-4-5-15-13-9-16-12(8-17-13)10-18-6-7-19-14(2,3)11-18/h8-9H,4-7,10-11H2,1-3H3,(H,15,17). The first-order valence-corrected chi connectivity index (χ1v) is 7.99. The second kappa shape index (κ2) is 6.57. The number of nitrogens with one attached hydrogen (secondary N) is 1. The van der Waals surface area contributed by atoms with E-state index < -0.39 is 0 Å². The van der Waals surface area contributed by atoms with Crippen molar-refractivity contribution in [2.75, 3.05) is 30.7 Å². The summed E-state index contributed by atoms with van der Waals surface area (Å²) >= 11 is 2.06. The number of thioether (sulfide) groups is 1. The van der Waals surface area contributed by atoms with Gasteiger partial charge in [0, 0.05) is 36.7 Å². The first-order chi connectivity index (χ1) is 9.09. The zero-order valence-corrected chi connectivity index (χ0v) is 13.0. The highest BCUT2D eigenvalue weighted by Gasteiger charge is 2.26. The van der Waals surface area contributed by atoms with Crippen molar-refractivity contribution in [1.82, 2.24) is 14.9 Å².